The molecule has 2 aliphatic rings. The van der Waals surface area contributed by atoms with Gasteiger partial charge in [0.05, 0.1) is 23.6 Å². The van der Waals surface area contributed by atoms with Gasteiger partial charge in [-0.2, -0.15) is 0 Å². The van der Waals surface area contributed by atoms with E-state index in [2.05, 4.69) is 9.97 Å². The van der Waals surface area contributed by atoms with E-state index < -0.39 is 28.2 Å². The number of aliphatic hydroxyl groups excluding tert-OH is 1. The minimum absolute atomic E-state index is 0.0236. The second kappa shape index (κ2) is 7.40. The zero-order valence-corrected chi connectivity index (χ0v) is 17.2. The van der Waals surface area contributed by atoms with Crippen LogP contribution in [0.2, 0.25) is 0 Å². The number of rotatable bonds is 6. The molecule has 1 atom stereocenters. The lowest BCUT2D eigenvalue weighted by Crippen LogP contribution is -2.41. The number of hydrogen-bond acceptors (Lipinski definition) is 8. The van der Waals surface area contributed by atoms with Crippen LogP contribution in [-0.2, 0) is 19.1 Å². The Hall–Kier alpha value is -1.07. The van der Waals surface area contributed by atoms with Gasteiger partial charge in [0, 0.05) is 30.4 Å². The van der Waals surface area contributed by atoms with Crippen molar-refractivity contribution in [1.82, 2.24) is 14.9 Å². The molecule has 150 valence electrons. The van der Waals surface area contributed by atoms with E-state index in [4.69, 9.17) is 14.4 Å². The molecule has 1 N–H and O–H groups in total. The molecule has 0 unspecified atom stereocenters. The Labute approximate surface area is 161 Å². The Morgan fingerprint density at radius 3 is 2.37 bits per heavy atom. The fraction of sp³-hybridized carbons (Fsp3) is 0.765. The van der Waals surface area contributed by atoms with Crippen molar-refractivity contribution in [2.45, 2.75) is 62.9 Å². The molecule has 0 bridgehead atoms. The molecule has 0 aromatic carbocycles. The van der Waals surface area contributed by atoms with E-state index in [1.165, 1.54) is 12.4 Å². The number of sulfone groups is 1. The second-order valence-electron chi connectivity index (χ2n) is 8.22. The number of β-amino-alcohol motifs (C(OH)–C–C–N with tert-alkyl or cyclic N) is 1. The molecule has 2 aliphatic heterocycles. The predicted molar refractivity (Wildman–Crippen MR) is 101 cm³/mol. The van der Waals surface area contributed by atoms with Gasteiger partial charge in [0.25, 0.3) is 0 Å². The van der Waals surface area contributed by atoms with Crippen LogP contribution in [0.1, 0.15) is 40.5 Å². The van der Waals surface area contributed by atoms with Gasteiger partial charge in [0.1, 0.15) is 0 Å². The van der Waals surface area contributed by atoms with Gasteiger partial charge in [-0.3, -0.25) is 4.90 Å². The lowest BCUT2D eigenvalue weighted by Gasteiger charge is -2.32. The number of aromatic nitrogens is 2. The van der Waals surface area contributed by atoms with Crippen LogP contribution in [0.25, 0.3) is 0 Å². The lowest BCUT2D eigenvalue weighted by atomic mass is 9.81. The first kappa shape index (κ1) is 20.7. The molecule has 27 heavy (non-hydrogen) atoms. The van der Waals surface area contributed by atoms with E-state index >= 15 is 0 Å². The van der Waals surface area contributed by atoms with Crippen molar-refractivity contribution in [2.24, 2.45) is 0 Å². The van der Waals surface area contributed by atoms with Gasteiger partial charge >= 0.3 is 7.12 Å². The van der Waals surface area contributed by atoms with Crippen molar-refractivity contribution >= 4 is 22.4 Å². The van der Waals surface area contributed by atoms with Crippen LogP contribution in [-0.4, -0.2) is 78.2 Å². The maximum Gasteiger partial charge on any atom is 0.498 e. The summed E-state index contributed by atoms with van der Waals surface area (Å²) < 4.78 is 37.3. The Morgan fingerprint density at radius 2 is 1.81 bits per heavy atom. The van der Waals surface area contributed by atoms with E-state index in [9.17, 15) is 8.42 Å². The van der Waals surface area contributed by atoms with Gasteiger partial charge in [0.15, 0.2) is 0 Å². The Bertz CT molecular complexity index is 753. The van der Waals surface area contributed by atoms with E-state index in [0.717, 1.165) is 19.4 Å². The third-order valence-corrected chi connectivity index (χ3v) is 7.34. The van der Waals surface area contributed by atoms with Crippen LogP contribution in [0.15, 0.2) is 17.6 Å². The highest BCUT2D eigenvalue weighted by atomic mass is 32.2. The summed E-state index contributed by atoms with van der Waals surface area (Å²) in [5.41, 5.74) is -0.377. The summed E-state index contributed by atoms with van der Waals surface area (Å²) in [7, 11) is -4.23. The quantitative estimate of drug-likeness (QED) is 0.529. The van der Waals surface area contributed by atoms with Crippen molar-refractivity contribution in [2.75, 3.05) is 25.4 Å². The molecule has 0 spiro atoms. The van der Waals surface area contributed by atoms with Crippen LogP contribution in [0.3, 0.4) is 0 Å². The average molecular weight is 397 g/mol. The Morgan fingerprint density at radius 1 is 1.22 bits per heavy atom. The number of aliphatic hydroxyl groups is 1. The smallest absolute Gasteiger partial charge is 0.399 e. The van der Waals surface area contributed by atoms with Crippen LogP contribution >= 0.6 is 0 Å². The van der Waals surface area contributed by atoms with Gasteiger partial charge in [-0.15, -0.1) is 0 Å². The molecule has 0 saturated carbocycles. The number of nitrogens with zero attached hydrogens (tertiary/aromatic N) is 3. The topological polar surface area (TPSA) is 102 Å². The molecular weight excluding hydrogens is 369 g/mol. The predicted octanol–water partition coefficient (Wildman–Crippen LogP) is 0.00620. The first-order chi connectivity index (χ1) is 12.6. The zero-order valence-electron chi connectivity index (χ0n) is 16.4. The van der Waals surface area contributed by atoms with Gasteiger partial charge in [-0.1, -0.05) is 0 Å². The second-order valence-corrected chi connectivity index (χ2v) is 10.2. The van der Waals surface area contributed by atoms with Crippen molar-refractivity contribution in [3.63, 3.8) is 0 Å². The molecule has 8 nitrogen and oxygen atoms in total. The molecule has 1 aromatic heterocycles. The molecule has 1 aromatic rings. The maximum atomic E-state index is 12.7. The summed E-state index contributed by atoms with van der Waals surface area (Å²) >= 11 is 0. The van der Waals surface area contributed by atoms with Crippen molar-refractivity contribution in [3.05, 3.63) is 12.4 Å². The summed E-state index contributed by atoms with van der Waals surface area (Å²) in [6, 6.07) is -0.103. The molecule has 0 aliphatic carbocycles. The van der Waals surface area contributed by atoms with E-state index in [0.29, 0.717) is 12.0 Å². The third-order valence-electron chi connectivity index (χ3n) is 5.75. The molecule has 10 heteroatoms. The summed E-state index contributed by atoms with van der Waals surface area (Å²) in [6.07, 6.45) is 4.65. The first-order valence-electron chi connectivity index (χ1n) is 9.31. The van der Waals surface area contributed by atoms with Crippen molar-refractivity contribution in [1.29, 1.82) is 0 Å². The number of hydrogen-bond donors (Lipinski definition) is 1. The lowest BCUT2D eigenvalue weighted by molar-refractivity contribution is 0.00578. The SMILES string of the molecule is CC1(C)OB(c2cnc(S(=O)(=O)C[C@@H]3CCCN3CCO)nc2)OC1(C)C. The third kappa shape index (κ3) is 4.19. The minimum atomic E-state index is -3.61. The molecule has 3 rings (SSSR count). The molecule has 0 radical (unpaired) electrons. The highest BCUT2D eigenvalue weighted by molar-refractivity contribution is 7.91. The van der Waals surface area contributed by atoms with Crippen molar-refractivity contribution in [3.8, 4) is 0 Å². The fourth-order valence-corrected chi connectivity index (χ4v) is 4.88. The molecule has 2 fully saturated rings. The summed E-state index contributed by atoms with van der Waals surface area (Å²) in [5.74, 6) is -0.0389. The highest BCUT2D eigenvalue weighted by Crippen LogP contribution is 2.36. The average Bonchev–Trinajstić information content (AvgIpc) is 3.09. The molecule has 3 heterocycles. The normalized spacial score (nSPS) is 25.2. The summed E-state index contributed by atoms with van der Waals surface area (Å²) in [6.45, 7) is 9.12. The Kier molecular flexibility index (Phi) is 5.66. The standard InChI is InChI=1S/C17H28BN3O5S/c1-16(2)17(3,4)26-18(25-16)13-10-19-15(20-11-13)27(23,24)12-14-6-5-7-21(14)8-9-22/h10-11,14,22H,5-9,12H2,1-4H3/t14-/m0/s1. The van der Waals surface area contributed by atoms with Gasteiger partial charge in [0.2, 0.25) is 15.0 Å². The molecular formula is C17H28BN3O5S. The fourth-order valence-electron chi connectivity index (χ4n) is 3.42. The van der Waals surface area contributed by atoms with E-state index in [1.54, 1.807) is 0 Å². The Balaban J connectivity index is 1.71. The van der Waals surface area contributed by atoms with E-state index in [-0.39, 0.29) is 23.6 Å². The van der Waals surface area contributed by atoms with Crippen LogP contribution < -0.4 is 5.46 Å². The van der Waals surface area contributed by atoms with Crippen LogP contribution in [0, 0.1) is 0 Å². The highest BCUT2D eigenvalue weighted by Gasteiger charge is 2.52. The molecule has 2 saturated heterocycles. The van der Waals surface area contributed by atoms with Gasteiger partial charge in [-0.05, 0) is 47.1 Å². The first-order valence-corrected chi connectivity index (χ1v) is 11.0. The van der Waals surface area contributed by atoms with Crippen molar-refractivity contribution < 1.29 is 22.8 Å². The van der Waals surface area contributed by atoms with E-state index in [1.807, 2.05) is 32.6 Å². The largest absolute Gasteiger partial charge is 0.498 e. The van der Waals surface area contributed by atoms with Gasteiger partial charge in [-0.25, -0.2) is 18.4 Å². The molecule has 0 amide bonds. The minimum Gasteiger partial charge on any atom is -0.399 e. The summed E-state index contributed by atoms with van der Waals surface area (Å²) in [5, 5.41) is 8.95. The maximum absolute atomic E-state index is 12.7. The van der Waals surface area contributed by atoms with Crippen LogP contribution in [0.5, 0.6) is 0 Å². The summed E-state index contributed by atoms with van der Waals surface area (Å²) in [4.78, 5) is 10.2. The van der Waals surface area contributed by atoms with Gasteiger partial charge < -0.3 is 14.4 Å². The monoisotopic (exact) mass is 397 g/mol. The number of likely N-dealkylation sites (tertiary alicyclic amines) is 1. The zero-order chi connectivity index (χ0) is 19.9. The van der Waals surface area contributed by atoms with Crippen LogP contribution in [0.4, 0.5) is 0 Å².